The van der Waals surface area contributed by atoms with E-state index in [2.05, 4.69) is 10.3 Å². The number of H-pyrrole nitrogens is 1. The number of nitrogens with one attached hydrogen (secondary N) is 2. The van der Waals surface area contributed by atoms with E-state index in [4.69, 9.17) is 16.3 Å². The van der Waals surface area contributed by atoms with E-state index in [0.717, 1.165) is 6.07 Å². The summed E-state index contributed by atoms with van der Waals surface area (Å²) in [4.78, 5) is 37.1. The molecule has 1 atom stereocenters. The van der Waals surface area contributed by atoms with Crippen LogP contribution in [0.4, 0.5) is 11.4 Å². The first-order chi connectivity index (χ1) is 12.6. The van der Waals surface area contributed by atoms with Crippen LogP contribution >= 0.6 is 11.6 Å². The highest BCUT2D eigenvalue weighted by atomic mass is 35.5. The minimum atomic E-state index is -0.758. The van der Waals surface area contributed by atoms with Crippen molar-refractivity contribution < 1.29 is 24.4 Å². The zero-order valence-electron chi connectivity index (χ0n) is 14.8. The number of hydrogen-bond acceptors (Lipinski definition) is 6. The Labute approximate surface area is 159 Å². The Balaban J connectivity index is 2.02. The zero-order chi connectivity index (χ0) is 20.3. The van der Waals surface area contributed by atoms with E-state index in [1.165, 1.54) is 12.1 Å². The van der Waals surface area contributed by atoms with E-state index >= 15 is 0 Å². The molecule has 0 aliphatic carbocycles. The van der Waals surface area contributed by atoms with Crippen LogP contribution in [0.1, 0.15) is 40.3 Å². The molecule has 0 fully saturated rings. The maximum atomic E-state index is 12.2. The van der Waals surface area contributed by atoms with Crippen molar-refractivity contribution in [2.75, 3.05) is 11.9 Å². The van der Waals surface area contributed by atoms with E-state index < -0.39 is 29.5 Å². The molecule has 0 unspecified atom stereocenters. The molecule has 1 aromatic carbocycles. The second-order valence-electron chi connectivity index (χ2n) is 5.89. The van der Waals surface area contributed by atoms with Crippen molar-refractivity contribution in [1.29, 1.82) is 0 Å². The maximum Gasteiger partial charge on any atom is 0.355 e. The van der Waals surface area contributed by atoms with Crippen LogP contribution in [0, 0.1) is 24.0 Å². The largest absolute Gasteiger partial charge is 0.451 e. The van der Waals surface area contributed by atoms with Gasteiger partial charge in [0.1, 0.15) is 10.7 Å². The Kier molecular flexibility index (Phi) is 6.19. The number of ether oxygens (including phenoxy) is 1. The average molecular weight is 396 g/mol. The van der Waals surface area contributed by atoms with E-state index in [1.807, 2.05) is 0 Å². The number of rotatable bonds is 6. The Morgan fingerprint density at radius 2 is 2.07 bits per heavy atom. The molecule has 10 heteroatoms. The predicted molar refractivity (Wildman–Crippen MR) is 97.9 cm³/mol. The summed E-state index contributed by atoms with van der Waals surface area (Å²) in [6.07, 6.45) is -0.758. The molecular formula is C17H18ClN3O6. The Morgan fingerprint density at radius 3 is 2.63 bits per heavy atom. The molecule has 0 spiro atoms. The van der Waals surface area contributed by atoms with Crippen molar-refractivity contribution in [1.82, 2.24) is 4.98 Å². The van der Waals surface area contributed by atoms with Gasteiger partial charge in [0.25, 0.3) is 11.6 Å². The zero-order valence-corrected chi connectivity index (χ0v) is 15.6. The van der Waals surface area contributed by atoms with Crippen LogP contribution in [0.15, 0.2) is 18.2 Å². The Morgan fingerprint density at radius 1 is 1.41 bits per heavy atom. The lowest BCUT2D eigenvalue weighted by Crippen LogP contribution is -2.21. The molecule has 1 amide bonds. The van der Waals surface area contributed by atoms with Crippen molar-refractivity contribution in [2.45, 2.75) is 26.9 Å². The minimum Gasteiger partial charge on any atom is -0.451 e. The number of aromatic amines is 1. The summed E-state index contributed by atoms with van der Waals surface area (Å²) in [6, 6.07) is 3.78. The number of aromatic nitrogens is 1. The molecule has 3 N–H and O–H groups in total. The number of anilines is 1. The van der Waals surface area contributed by atoms with Crippen LogP contribution in [0.25, 0.3) is 0 Å². The molecule has 2 aromatic rings. The third-order valence-corrected chi connectivity index (χ3v) is 4.20. The Hall–Kier alpha value is -2.91. The summed E-state index contributed by atoms with van der Waals surface area (Å²) in [6.45, 7) is 4.37. The van der Waals surface area contributed by atoms with Crippen molar-refractivity contribution in [3.63, 3.8) is 0 Å². The SMILES string of the molecule is Cc1[nH]c(C(=O)OCC(=O)Nc2ccc(Cl)c([N+](=O)[O-])c2)c(C)c1[C@H](C)O. The lowest BCUT2D eigenvalue weighted by atomic mass is 10.1. The molecule has 0 bridgehead atoms. The number of carbonyl (C=O) groups excluding carboxylic acids is 2. The topological polar surface area (TPSA) is 135 Å². The van der Waals surface area contributed by atoms with Gasteiger partial charge in [-0.1, -0.05) is 11.6 Å². The molecule has 0 saturated heterocycles. The molecule has 9 nitrogen and oxygen atoms in total. The summed E-state index contributed by atoms with van der Waals surface area (Å²) in [5.41, 5.74) is 1.72. The fourth-order valence-corrected chi connectivity index (χ4v) is 2.91. The smallest absolute Gasteiger partial charge is 0.355 e. The number of hydrogen-bond donors (Lipinski definition) is 3. The highest BCUT2D eigenvalue weighted by molar-refractivity contribution is 6.32. The van der Waals surface area contributed by atoms with Crippen molar-refractivity contribution >= 4 is 34.9 Å². The number of esters is 1. The van der Waals surface area contributed by atoms with E-state index in [9.17, 15) is 24.8 Å². The molecule has 1 heterocycles. The number of amides is 1. The number of halogens is 1. The normalized spacial score (nSPS) is 11.7. The van der Waals surface area contributed by atoms with Gasteiger partial charge in [0.2, 0.25) is 0 Å². The van der Waals surface area contributed by atoms with Gasteiger partial charge in [-0.05, 0) is 38.5 Å². The number of aliphatic hydroxyl groups excluding tert-OH is 1. The first-order valence-electron chi connectivity index (χ1n) is 7.89. The molecule has 1 aromatic heterocycles. The predicted octanol–water partition coefficient (Wildman–Crippen LogP) is 3.04. The molecule has 2 rings (SSSR count). The molecule has 0 aliphatic rings. The van der Waals surface area contributed by atoms with E-state index in [-0.39, 0.29) is 22.1 Å². The fraction of sp³-hybridized carbons (Fsp3) is 0.294. The molecular weight excluding hydrogens is 378 g/mol. The molecule has 144 valence electrons. The second-order valence-corrected chi connectivity index (χ2v) is 6.29. The monoisotopic (exact) mass is 395 g/mol. The highest BCUT2D eigenvalue weighted by Crippen LogP contribution is 2.27. The van der Waals surface area contributed by atoms with Gasteiger partial charge in [-0.25, -0.2) is 4.79 Å². The van der Waals surface area contributed by atoms with Crippen LogP contribution in [0.5, 0.6) is 0 Å². The maximum absolute atomic E-state index is 12.2. The van der Waals surface area contributed by atoms with Gasteiger partial charge in [0.15, 0.2) is 6.61 Å². The van der Waals surface area contributed by atoms with Crippen molar-refractivity contribution in [3.8, 4) is 0 Å². The third-order valence-electron chi connectivity index (χ3n) is 3.88. The van der Waals surface area contributed by atoms with Gasteiger partial charge >= 0.3 is 5.97 Å². The quantitative estimate of drug-likeness (QED) is 0.391. The van der Waals surface area contributed by atoms with Gasteiger partial charge in [-0.2, -0.15) is 0 Å². The highest BCUT2D eigenvalue weighted by Gasteiger charge is 2.22. The van der Waals surface area contributed by atoms with Crippen LogP contribution in [0.3, 0.4) is 0 Å². The third kappa shape index (κ3) is 4.63. The molecule has 0 saturated carbocycles. The summed E-state index contributed by atoms with van der Waals surface area (Å²) >= 11 is 5.71. The number of nitrogens with zero attached hydrogens (tertiary/aromatic N) is 1. The standard InChI is InChI=1S/C17H18ClN3O6/c1-8-15(10(3)22)9(2)19-16(8)17(24)27-7-14(23)20-11-4-5-12(18)13(6-11)21(25)26/h4-6,10,19,22H,7H2,1-3H3,(H,20,23)/t10-/m0/s1. The Bertz CT molecular complexity index is 906. The second kappa shape index (κ2) is 8.19. The lowest BCUT2D eigenvalue weighted by molar-refractivity contribution is -0.384. The van der Waals surface area contributed by atoms with Crippen molar-refractivity contribution in [3.05, 3.63) is 55.9 Å². The van der Waals surface area contributed by atoms with E-state index in [0.29, 0.717) is 16.8 Å². The number of aliphatic hydroxyl groups is 1. The van der Waals surface area contributed by atoms with Gasteiger partial charge in [0.05, 0.1) is 11.0 Å². The average Bonchev–Trinajstić information content (AvgIpc) is 2.88. The fourth-order valence-electron chi connectivity index (χ4n) is 2.73. The van der Waals surface area contributed by atoms with Gasteiger partial charge in [-0.15, -0.1) is 0 Å². The number of aryl methyl sites for hydroxylation is 1. The summed E-state index contributed by atoms with van der Waals surface area (Å²) < 4.78 is 4.97. The number of nitro benzene ring substituents is 1. The molecule has 0 radical (unpaired) electrons. The molecule has 0 aliphatic heterocycles. The lowest BCUT2D eigenvalue weighted by Gasteiger charge is -2.07. The minimum absolute atomic E-state index is 0.0593. The summed E-state index contributed by atoms with van der Waals surface area (Å²) in [7, 11) is 0. The van der Waals surface area contributed by atoms with Crippen LogP contribution in [-0.2, 0) is 9.53 Å². The van der Waals surface area contributed by atoms with Gasteiger partial charge in [-0.3, -0.25) is 14.9 Å². The number of carbonyl (C=O) groups is 2. The van der Waals surface area contributed by atoms with Gasteiger partial charge < -0.3 is 20.1 Å². The van der Waals surface area contributed by atoms with Crippen molar-refractivity contribution in [2.24, 2.45) is 0 Å². The number of nitro groups is 1. The van der Waals surface area contributed by atoms with Crippen LogP contribution in [0.2, 0.25) is 5.02 Å². The first kappa shape index (κ1) is 20.4. The summed E-state index contributed by atoms with van der Waals surface area (Å²) in [5.74, 6) is -1.42. The van der Waals surface area contributed by atoms with Gasteiger partial charge in [0, 0.05) is 23.0 Å². The summed E-state index contributed by atoms with van der Waals surface area (Å²) in [5, 5.41) is 22.9. The first-order valence-corrected chi connectivity index (χ1v) is 8.27. The number of benzene rings is 1. The van der Waals surface area contributed by atoms with Crippen LogP contribution < -0.4 is 5.32 Å². The van der Waals surface area contributed by atoms with Crippen LogP contribution in [-0.4, -0.2) is 33.5 Å². The molecule has 27 heavy (non-hydrogen) atoms. The van der Waals surface area contributed by atoms with E-state index in [1.54, 1.807) is 20.8 Å².